The molecular formula is C34H44N2O6. The summed E-state index contributed by atoms with van der Waals surface area (Å²) in [6, 6.07) is 0. The molecule has 4 bridgehead atoms. The van der Waals surface area contributed by atoms with Gasteiger partial charge in [-0.1, -0.05) is 36.5 Å². The molecule has 0 saturated heterocycles. The summed E-state index contributed by atoms with van der Waals surface area (Å²) in [4.78, 5) is 0. The van der Waals surface area contributed by atoms with Gasteiger partial charge in [-0.3, -0.25) is 9.13 Å². The summed E-state index contributed by atoms with van der Waals surface area (Å²) >= 11 is 0. The highest BCUT2D eigenvalue weighted by Gasteiger charge is 2.51. The largest absolute Gasteiger partial charge is 0.494 e. The van der Waals surface area contributed by atoms with Crippen LogP contribution in [0.2, 0.25) is 0 Å². The van der Waals surface area contributed by atoms with E-state index < -0.39 is 0 Å². The van der Waals surface area contributed by atoms with Crippen LogP contribution in [0.4, 0.5) is 0 Å². The fraction of sp³-hybridized carbons (Fsp3) is 0.529. The molecule has 8 nitrogen and oxygen atoms in total. The van der Waals surface area contributed by atoms with E-state index in [1.54, 1.807) is 9.13 Å². The van der Waals surface area contributed by atoms with Crippen molar-refractivity contribution in [3.8, 4) is 23.5 Å². The minimum absolute atomic E-state index is 0.169. The maximum Gasteiger partial charge on any atom is 0.198 e. The third kappa shape index (κ3) is 4.51. The molecule has 0 amide bonds. The number of ether oxygens (including phenoxy) is 2. The summed E-state index contributed by atoms with van der Waals surface area (Å²) < 4.78 is 14.8. The van der Waals surface area contributed by atoms with Crippen molar-refractivity contribution in [3.05, 3.63) is 71.9 Å². The summed E-state index contributed by atoms with van der Waals surface area (Å²) in [5.41, 5.74) is 3.05. The zero-order valence-electron chi connectivity index (χ0n) is 24.4. The van der Waals surface area contributed by atoms with E-state index >= 15 is 0 Å². The maximum absolute atomic E-state index is 10.9. The third-order valence-corrected chi connectivity index (χ3v) is 9.88. The van der Waals surface area contributed by atoms with Crippen molar-refractivity contribution < 1.29 is 29.9 Å². The molecule has 8 heteroatoms. The lowest BCUT2D eigenvalue weighted by Crippen LogP contribution is -2.17. The number of rotatable bonds is 17. The maximum atomic E-state index is 10.9. The molecule has 226 valence electrons. The molecule has 4 aliphatic carbocycles. The number of fused-ring (bicyclic) bond motifs is 10. The van der Waals surface area contributed by atoms with E-state index in [0.29, 0.717) is 52.4 Å². The second-order valence-corrected chi connectivity index (χ2v) is 12.5. The molecule has 0 saturated carbocycles. The second-order valence-electron chi connectivity index (χ2n) is 12.5. The minimum Gasteiger partial charge on any atom is -0.494 e. The van der Waals surface area contributed by atoms with Gasteiger partial charge in [0.25, 0.3) is 0 Å². The second kappa shape index (κ2) is 11.4. The lowest BCUT2D eigenvalue weighted by molar-refractivity contribution is 0.0973. The first kappa shape index (κ1) is 28.7. The Kier molecular flexibility index (Phi) is 7.79. The highest BCUT2D eigenvalue weighted by Crippen LogP contribution is 2.62. The summed E-state index contributed by atoms with van der Waals surface area (Å²) in [7, 11) is 0. The van der Waals surface area contributed by atoms with Crippen molar-refractivity contribution in [2.45, 2.75) is 87.1 Å². The van der Waals surface area contributed by atoms with Gasteiger partial charge in [-0.05, 0) is 51.4 Å². The van der Waals surface area contributed by atoms with Crippen LogP contribution in [0.15, 0.2) is 49.6 Å². The number of aromatic nitrogens is 2. The smallest absolute Gasteiger partial charge is 0.198 e. The van der Waals surface area contributed by atoms with Gasteiger partial charge in [-0.15, -0.1) is 13.2 Å². The van der Waals surface area contributed by atoms with Crippen LogP contribution < -0.4 is 0 Å². The summed E-state index contributed by atoms with van der Waals surface area (Å²) in [6.45, 7) is 11.2. The van der Waals surface area contributed by atoms with Crippen LogP contribution in [0.5, 0.6) is 23.5 Å². The Labute approximate surface area is 247 Å². The van der Waals surface area contributed by atoms with Crippen molar-refractivity contribution in [3.63, 3.8) is 0 Å². The van der Waals surface area contributed by atoms with Crippen molar-refractivity contribution in [2.75, 3.05) is 26.4 Å². The van der Waals surface area contributed by atoms with E-state index in [1.807, 2.05) is 12.2 Å². The van der Waals surface area contributed by atoms with Gasteiger partial charge in [0.2, 0.25) is 0 Å². The van der Waals surface area contributed by atoms with Gasteiger partial charge < -0.3 is 29.9 Å². The zero-order chi connectivity index (χ0) is 29.5. The third-order valence-electron chi connectivity index (χ3n) is 9.88. The monoisotopic (exact) mass is 576 g/mol. The van der Waals surface area contributed by atoms with Gasteiger partial charge in [0, 0.05) is 84.4 Å². The minimum atomic E-state index is -0.231. The number of aromatic hydroxyl groups is 4. The Morgan fingerprint density at radius 2 is 1.07 bits per heavy atom. The lowest BCUT2D eigenvalue weighted by Gasteiger charge is -2.23. The van der Waals surface area contributed by atoms with Crippen LogP contribution >= 0.6 is 0 Å². The van der Waals surface area contributed by atoms with Gasteiger partial charge >= 0.3 is 0 Å². The molecule has 0 spiro atoms. The Hall–Kier alpha value is -3.36. The van der Waals surface area contributed by atoms with E-state index in [-0.39, 0.29) is 46.2 Å². The van der Waals surface area contributed by atoms with Crippen LogP contribution in [0.25, 0.3) is 0 Å². The number of hydrogen-bond acceptors (Lipinski definition) is 6. The number of allylic oxidation sites excluding steroid dienone is 6. The van der Waals surface area contributed by atoms with Gasteiger partial charge in [-0.25, -0.2) is 0 Å². The van der Waals surface area contributed by atoms with Crippen molar-refractivity contribution in [1.82, 2.24) is 9.13 Å². The Bertz CT molecular complexity index is 1310. The molecule has 0 fully saturated rings. The highest BCUT2D eigenvalue weighted by atomic mass is 16.5. The molecule has 2 aromatic heterocycles. The molecule has 42 heavy (non-hydrogen) atoms. The van der Waals surface area contributed by atoms with Gasteiger partial charge in [0.05, 0.1) is 0 Å². The SMILES string of the molecule is C=CCC12C=CC(C1)c1c2c(O)n(CCCOCCCCOCCCn2c(O)c3c(c2O)C2(CC=C)C=CC3C2)c1O. The molecule has 2 heterocycles. The first-order valence-electron chi connectivity index (χ1n) is 15.4. The Morgan fingerprint density at radius 3 is 1.48 bits per heavy atom. The van der Waals surface area contributed by atoms with Crippen LogP contribution in [-0.2, 0) is 33.4 Å². The van der Waals surface area contributed by atoms with Gasteiger partial charge in [0.1, 0.15) is 0 Å². The van der Waals surface area contributed by atoms with Crippen molar-refractivity contribution >= 4 is 0 Å². The fourth-order valence-corrected chi connectivity index (χ4v) is 8.04. The average Bonchev–Trinajstić information content (AvgIpc) is 3.79. The molecule has 0 aliphatic heterocycles. The molecule has 2 aromatic rings. The summed E-state index contributed by atoms with van der Waals surface area (Å²) in [5, 5.41) is 43.5. The first-order chi connectivity index (χ1) is 20.4. The number of unbranched alkanes of at least 4 members (excludes halogenated alkanes) is 1. The van der Waals surface area contributed by atoms with Crippen LogP contribution in [-0.4, -0.2) is 56.0 Å². The molecule has 0 radical (unpaired) electrons. The van der Waals surface area contributed by atoms with E-state index in [0.717, 1.165) is 60.8 Å². The quantitative estimate of drug-likeness (QED) is 0.133. The number of hydrogen-bond donors (Lipinski definition) is 4. The van der Waals surface area contributed by atoms with Crippen LogP contribution in [0, 0.1) is 0 Å². The van der Waals surface area contributed by atoms with Crippen molar-refractivity contribution in [2.24, 2.45) is 0 Å². The molecule has 4 unspecified atom stereocenters. The lowest BCUT2D eigenvalue weighted by atomic mass is 9.81. The normalized spacial score (nSPS) is 25.9. The molecule has 4 atom stereocenters. The summed E-state index contributed by atoms with van der Waals surface area (Å²) in [6.07, 6.45) is 18.9. The predicted molar refractivity (Wildman–Crippen MR) is 162 cm³/mol. The van der Waals surface area contributed by atoms with E-state index in [1.165, 1.54) is 0 Å². The molecule has 6 rings (SSSR count). The van der Waals surface area contributed by atoms with Gasteiger partial charge in [0.15, 0.2) is 23.5 Å². The molecule has 4 N–H and O–H groups in total. The number of nitrogens with zero attached hydrogens (tertiary/aromatic N) is 2. The molecule has 4 aliphatic rings. The van der Waals surface area contributed by atoms with Gasteiger partial charge in [-0.2, -0.15) is 0 Å². The van der Waals surface area contributed by atoms with E-state index in [9.17, 15) is 20.4 Å². The Balaban J connectivity index is 0.857. The summed E-state index contributed by atoms with van der Waals surface area (Å²) in [5.74, 6) is 1.07. The van der Waals surface area contributed by atoms with E-state index in [2.05, 4.69) is 37.5 Å². The van der Waals surface area contributed by atoms with Crippen LogP contribution in [0.3, 0.4) is 0 Å². The Morgan fingerprint density at radius 1 is 0.667 bits per heavy atom. The first-order valence-corrected chi connectivity index (χ1v) is 15.4. The van der Waals surface area contributed by atoms with Crippen LogP contribution in [0.1, 0.15) is 85.5 Å². The standard InChI is InChI=1S/C34H44N2O6/c1-3-11-33-13-9-23(21-33)25-27(33)31(39)35(29(25)37)15-7-19-41-17-5-6-18-42-20-8-16-36-30(38)26-24-10-14-34(22-24,12-4-2)28(26)32(36)40/h3-4,9-10,13-14,23-24,37-40H,1-2,5-8,11-12,15-22H2. The highest BCUT2D eigenvalue weighted by molar-refractivity contribution is 5.63. The van der Waals surface area contributed by atoms with Crippen molar-refractivity contribution in [1.29, 1.82) is 0 Å². The molecule has 0 aromatic carbocycles. The average molecular weight is 577 g/mol. The predicted octanol–water partition coefficient (Wildman–Crippen LogP) is 6.15. The van der Waals surface area contributed by atoms with E-state index in [4.69, 9.17) is 9.47 Å². The topological polar surface area (TPSA) is 109 Å². The zero-order valence-corrected chi connectivity index (χ0v) is 24.4. The fourth-order valence-electron chi connectivity index (χ4n) is 8.04. The molecular weight excluding hydrogens is 532 g/mol.